The average Bonchev–Trinajstić information content (AvgIpc) is 2.85. The van der Waals surface area contributed by atoms with Crippen molar-refractivity contribution in [1.82, 2.24) is 0 Å². The maximum Gasteiger partial charge on any atom is 0.348 e. The number of benzene rings is 1. The van der Waals surface area contributed by atoms with E-state index in [0.29, 0.717) is 5.76 Å². The molecule has 0 spiro atoms. The molecule has 7 nitrogen and oxygen atoms in total. The summed E-state index contributed by atoms with van der Waals surface area (Å²) in [5.74, 6) is -1.50. The molecule has 1 aromatic rings. The number of para-hydroxylation sites is 1. The first kappa shape index (κ1) is 16.7. The van der Waals surface area contributed by atoms with Gasteiger partial charge in [0.1, 0.15) is 5.76 Å². The van der Waals surface area contributed by atoms with E-state index >= 15 is 0 Å². The van der Waals surface area contributed by atoms with Crippen LogP contribution in [-0.2, 0) is 19.1 Å². The maximum absolute atomic E-state index is 12.2. The van der Waals surface area contributed by atoms with Crippen LogP contribution in [-0.4, -0.2) is 29.4 Å². The van der Waals surface area contributed by atoms with E-state index in [9.17, 15) is 19.7 Å². The number of nitro groups is 1. The zero-order valence-corrected chi connectivity index (χ0v) is 13.1. The molecule has 0 saturated carbocycles. The van der Waals surface area contributed by atoms with Gasteiger partial charge in [-0.25, -0.2) is 4.79 Å². The summed E-state index contributed by atoms with van der Waals surface area (Å²) in [6.07, 6.45) is -1.10. The van der Waals surface area contributed by atoms with E-state index in [-0.39, 0.29) is 29.2 Å². The molecule has 23 heavy (non-hydrogen) atoms. The fraction of sp³-hybridized carbons (Fsp3) is 0.375. The first-order valence-electron chi connectivity index (χ1n) is 7.16. The van der Waals surface area contributed by atoms with Crippen molar-refractivity contribution in [3.63, 3.8) is 0 Å². The lowest BCUT2D eigenvalue weighted by atomic mass is 9.84. The lowest BCUT2D eigenvalue weighted by molar-refractivity contribution is -0.385. The minimum atomic E-state index is -1.10. The standard InChI is InChI=1S/C16H17NO6/c1-4-22-16(19)15-14(13(9(2)18)10(3)23-15)11-7-5-6-8-12(11)17(20)21/h5-8,14-15H,4H2,1-3H3/t14-,15-/m0/s1. The van der Waals surface area contributed by atoms with Gasteiger partial charge in [-0.05, 0) is 20.8 Å². The van der Waals surface area contributed by atoms with Crippen molar-refractivity contribution in [1.29, 1.82) is 0 Å². The topological polar surface area (TPSA) is 95.7 Å². The molecule has 2 atom stereocenters. The molecule has 0 aliphatic carbocycles. The number of carbonyl (C=O) groups is 2. The van der Waals surface area contributed by atoms with Gasteiger partial charge in [-0.2, -0.15) is 0 Å². The third-order valence-corrected chi connectivity index (χ3v) is 3.66. The van der Waals surface area contributed by atoms with Gasteiger partial charge in [0.15, 0.2) is 5.78 Å². The summed E-state index contributed by atoms with van der Waals surface area (Å²) in [5, 5.41) is 11.3. The van der Waals surface area contributed by atoms with Crippen LogP contribution in [0.3, 0.4) is 0 Å². The Kier molecular flexibility index (Phi) is 4.78. The first-order chi connectivity index (χ1) is 10.9. The van der Waals surface area contributed by atoms with Crippen LogP contribution < -0.4 is 0 Å². The molecule has 1 aromatic carbocycles. The molecular formula is C16H17NO6. The molecule has 0 fully saturated rings. The van der Waals surface area contributed by atoms with Gasteiger partial charge in [-0.3, -0.25) is 14.9 Å². The molecule has 1 heterocycles. The minimum Gasteiger partial charge on any atom is -0.482 e. The summed E-state index contributed by atoms with van der Waals surface area (Å²) in [4.78, 5) is 34.9. The third kappa shape index (κ3) is 3.08. The zero-order valence-electron chi connectivity index (χ0n) is 13.1. The van der Waals surface area contributed by atoms with Gasteiger partial charge >= 0.3 is 5.97 Å². The van der Waals surface area contributed by atoms with Gasteiger partial charge in [0.05, 0.1) is 17.4 Å². The number of nitro benzene ring substituents is 1. The molecule has 122 valence electrons. The van der Waals surface area contributed by atoms with E-state index in [4.69, 9.17) is 9.47 Å². The second-order valence-corrected chi connectivity index (χ2v) is 5.11. The summed E-state index contributed by atoms with van der Waals surface area (Å²) in [6.45, 7) is 4.71. The van der Waals surface area contributed by atoms with Crippen molar-refractivity contribution in [2.24, 2.45) is 0 Å². The van der Waals surface area contributed by atoms with Crippen molar-refractivity contribution in [3.05, 3.63) is 51.3 Å². The number of hydrogen-bond donors (Lipinski definition) is 0. The molecule has 0 amide bonds. The van der Waals surface area contributed by atoms with E-state index in [0.717, 1.165) is 0 Å². The number of Topliss-reactive ketones (excluding diaryl/α,β-unsaturated/α-hetero) is 1. The van der Waals surface area contributed by atoms with Crippen LogP contribution in [0.15, 0.2) is 35.6 Å². The summed E-state index contributed by atoms with van der Waals surface area (Å²) in [7, 11) is 0. The van der Waals surface area contributed by atoms with Crippen LogP contribution in [0.2, 0.25) is 0 Å². The molecule has 0 bridgehead atoms. The number of ether oxygens (including phenoxy) is 2. The highest BCUT2D eigenvalue weighted by Crippen LogP contribution is 2.43. The van der Waals surface area contributed by atoms with Crippen LogP contribution >= 0.6 is 0 Å². The van der Waals surface area contributed by atoms with Crippen LogP contribution in [0.1, 0.15) is 32.3 Å². The lowest BCUT2D eigenvalue weighted by Gasteiger charge is -2.19. The van der Waals surface area contributed by atoms with Gasteiger partial charge in [0, 0.05) is 17.2 Å². The Morgan fingerprint density at radius 2 is 2.00 bits per heavy atom. The zero-order chi connectivity index (χ0) is 17.1. The molecule has 0 saturated heterocycles. The quantitative estimate of drug-likeness (QED) is 0.470. The normalized spacial score (nSPS) is 20.1. The Labute approximate surface area is 133 Å². The number of esters is 1. The molecule has 7 heteroatoms. The van der Waals surface area contributed by atoms with Crippen LogP contribution in [0.5, 0.6) is 0 Å². The van der Waals surface area contributed by atoms with E-state index in [1.54, 1.807) is 19.9 Å². The van der Waals surface area contributed by atoms with Crippen molar-refractivity contribution in [2.75, 3.05) is 6.61 Å². The van der Waals surface area contributed by atoms with Gasteiger partial charge in [0.2, 0.25) is 6.10 Å². The Morgan fingerprint density at radius 3 is 2.57 bits per heavy atom. The van der Waals surface area contributed by atoms with E-state index in [1.807, 2.05) is 0 Å². The third-order valence-electron chi connectivity index (χ3n) is 3.66. The highest BCUT2D eigenvalue weighted by atomic mass is 16.6. The van der Waals surface area contributed by atoms with Gasteiger partial charge in [-0.1, -0.05) is 18.2 Å². The number of ketones is 1. The molecule has 1 aliphatic heterocycles. The fourth-order valence-corrected chi connectivity index (χ4v) is 2.80. The summed E-state index contributed by atoms with van der Waals surface area (Å²) < 4.78 is 10.5. The smallest absolute Gasteiger partial charge is 0.348 e. The van der Waals surface area contributed by atoms with Crippen molar-refractivity contribution in [3.8, 4) is 0 Å². The Balaban J connectivity index is 2.58. The van der Waals surface area contributed by atoms with E-state index in [1.165, 1.54) is 25.1 Å². The monoisotopic (exact) mass is 319 g/mol. The summed E-state index contributed by atoms with van der Waals surface area (Å²) in [6, 6.07) is 6.01. The van der Waals surface area contributed by atoms with E-state index < -0.39 is 22.9 Å². The predicted molar refractivity (Wildman–Crippen MR) is 80.7 cm³/mol. The Bertz CT molecular complexity index is 694. The minimum absolute atomic E-state index is 0.150. The van der Waals surface area contributed by atoms with Crippen molar-refractivity contribution < 1.29 is 24.0 Å². The predicted octanol–water partition coefficient (Wildman–Crippen LogP) is 2.50. The molecule has 0 unspecified atom stereocenters. The second kappa shape index (κ2) is 6.60. The van der Waals surface area contributed by atoms with Crippen LogP contribution in [0.25, 0.3) is 0 Å². The average molecular weight is 319 g/mol. The molecule has 1 aliphatic rings. The Hall–Kier alpha value is -2.70. The molecule has 0 N–H and O–H groups in total. The number of carbonyl (C=O) groups excluding carboxylic acids is 2. The number of hydrogen-bond acceptors (Lipinski definition) is 6. The summed E-state index contributed by atoms with van der Waals surface area (Å²) in [5.41, 5.74) is 0.360. The molecule has 0 aromatic heterocycles. The number of rotatable bonds is 5. The van der Waals surface area contributed by atoms with E-state index in [2.05, 4.69) is 0 Å². The largest absolute Gasteiger partial charge is 0.482 e. The molecule has 2 rings (SSSR count). The van der Waals surface area contributed by atoms with Gasteiger partial charge < -0.3 is 9.47 Å². The van der Waals surface area contributed by atoms with Crippen molar-refractivity contribution >= 4 is 17.4 Å². The number of allylic oxidation sites excluding steroid dienone is 1. The number of nitrogens with zero attached hydrogens (tertiary/aromatic N) is 1. The fourth-order valence-electron chi connectivity index (χ4n) is 2.80. The summed E-state index contributed by atoms with van der Waals surface area (Å²) >= 11 is 0. The SMILES string of the molecule is CCOC(=O)[C@H]1OC(C)=C(C(C)=O)[C@@H]1c1ccccc1[N+](=O)[O-]. The molecular weight excluding hydrogens is 302 g/mol. The first-order valence-corrected chi connectivity index (χ1v) is 7.16. The molecule has 0 radical (unpaired) electrons. The van der Waals surface area contributed by atoms with Gasteiger partial charge in [0.25, 0.3) is 5.69 Å². The highest BCUT2D eigenvalue weighted by molar-refractivity contribution is 5.98. The lowest BCUT2D eigenvalue weighted by Crippen LogP contribution is -2.30. The highest BCUT2D eigenvalue weighted by Gasteiger charge is 2.45. The van der Waals surface area contributed by atoms with Crippen LogP contribution in [0, 0.1) is 10.1 Å². The maximum atomic E-state index is 12.2. The second-order valence-electron chi connectivity index (χ2n) is 5.11. The van der Waals surface area contributed by atoms with Crippen LogP contribution in [0.4, 0.5) is 5.69 Å². The Morgan fingerprint density at radius 1 is 1.35 bits per heavy atom. The van der Waals surface area contributed by atoms with Gasteiger partial charge in [-0.15, -0.1) is 0 Å². The van der Waals surface area contributed by atoms with Crippen molar-refractivity contribution in [2.45, 2.75) is 32.8 Å².